The Morgan fingerprint density at radius 2 is 0.735 bits per heavy atom. The molecule has 5 nitrogen and oxygen atoms in total. The van der Waals surface area contributed by atoms with Gasteiger partial charge in [-0.3, -0.25) is 0 Å². The molecule has 0 radical (unpaired) electrons. The molecule has 0 spiro atoms. The van der Waals surface area contributed by atoms with E-state index in [-0.39, 0.29) is 0 Å². The standard InChI is InChI=1S/C29H19N5/c1-4-12-20(13-5-1)26-30-24-19-11-10-18-23(24)25(31-26)29-33-27(21-14-6-2-7-15-21)32-28(34-29)22-16-8-3-9-17-22/h1-19H. The first kappa shape index (κ1) is 19.9. The van der Waals surface area contributed by atoms with Crippen molar-refractivity contribution in [2.45, 2.75) is 0 Å². The van der Waals surface area contributed by atoms with Crippen LogP contribution in [0.15, 0.2) is 115 Å². The van der Waals surface area contributed by atoms with Crippen LogP contribution >= 0.6 is 0 Å². The first-order valence-corrected chi connectivity index (χ1v) is 11.0. The predicted molar refractivity (Wildman–Crippen MR) is 135 cm³/mol. The summed E-state index contributed by atoms with van der Waals surface area (Å²) in [6.45, 7) is 0. The summed E-state index contributed by atoms with van der Waals surface area (Å²) in [7, 11) is 0. The van der Waals surface area contributed by atoms with Crippen LogP contribution in [0.5, 0.6) is 0 Å². The third kappa shape index (κ3) is 3.80. The lowest BCUT2D eigenvalue weighted by atomic mass is 10.1. The Morgan fingerprint density at radius 1 is 0.324 bits per heavy atom. The van der Waals surface area contributed by atoms with E-state index < -0.39 is 0 Å². The van der Waals surface area contributed by atoms with E-state index in [1.165, 1.54) is 0 Å². The van der Waals surface area contributed by atoms with Gasteiger partial charge < -0.3 is 0 Å². The number of rotatable bonds is 4. The molecule has 0 amide bonds. The molecule has 0 atom stereocenters. The van der Waals surface area contributed by atoms with Crippen LogP contribution in [0.4, 0.5) is 0 Å². The number of fused-ring (bicyclic) bond motifs is 1. The van der Waals surface area contributed by atoms with Gasteiger partial charge in [-0.05, 0) is 6.07 Å². The van der Waals surface area contributed by atoms with Crippen LogP contribution in [0.1, 0.15) is 0 Å². The molecule has 6 rings (SSSR count). The van der Waals surface area contributed by atoms with Crippen molar-refractivity contribution in [2.24, 2.45) is 0 Å². The predicted octanol–water partition coefficient (Wildman–Crippen LogP) is 6.48. The summed E-state index contributed by atoms with van der Waals surface area (Å²) in [5, 5.41) is 0.895. The van der Waals surface area contributed by atoms with Crippen molar-refractivity contribution in [2.75, 3.05) is 0 Å². The molecular weight excluding hydrogens is 418 g/mol. The third-order valence-corrected chi connectivity index (χ3v) is 5.55. The lowest BCUT2D eigenvalue weighted by molar-refractivity contribution is 1.06. The Hall–Kier alpha value is -4.77. The summed E-state index contributed by atoms with van der Waals surface area (Å²) < 4.78 is 0. The summed E-state index contributed by atoms with van der Waals surface area (Å²) in [5.74, 6) is 2.36. The van der Waals surface area contributed by atoms with Crippen LogP contribution in [0.2, 0.25) is 0 Å². The average molecular weight is 438 g/mol. The smallest absolute Gasteiger partial charge is 0.183 e. The van der Waals surface area contributed by atoms with Crippen molar-refractivity contribution in [3.63, 3.8) is 0 Å². The quantitative estimate of drug-likeness (QED) is 0.316. The molecule has 0 fully saturated rings. The molecule has 0 aliphatic carbocycles. The van der Waals surface area contributed by atoms with Gasteiger partial charge in [0, 0.05) is 22.1 Å². The Bertz CT molecular complexity index is 1530. The zero-order chi connectivity index (χ0) is 22.7. The Morgan fingerprint density at radius 3 is 1.26 bits per heavy atom. The number of hydrogen-bond acceptors (Lipinski definition) is 5. The Kier molecular flexibility index (Phi) is 5.05. The van der Waals surface area contributed by atoms with Crippen molar-refractivity contribution in [1.29, 1.82) is 0 Å². The maximum Gasteiger partial charge on any atom is 0.183 e. The molecule has 34 heavy (non-hydrogen) atoms. The molecule has 4 aromatic carbocycles. The molecule has 0 bridgehead atoms. The zero-order valence-corrected chi connectivity index (χ0v) is 18.2. The Labute approximate surface area is 196 Å². The van der Waals surface area contributed by atoms with Crippen molar-refractivity contribution < 1.29 is 0 Å². The fraction of sp³-hybridized carbons (Fsp3) is 0. The van der Waals surface area contributed by atoms with Gasteiger partial charge >= 0.3 is 0 Å². The summed E-state index contributed by atoms with van der Waals surface area (Å²) >= 11 is 0. The third-order valence-electron chi connectivity index (χ3n) is 5.55. The maximum atomic E-state index is 4.95. The fourth-order valence-electron chi connectivity index (χ4n) is 3.88. The lowest BCUT2D eigenvalue weighted by Gasteiger charge is -2.11. The molecule has 0 saturated heterocycles. The summed E-state index contributed by atoms with van der Waals surface area (Å²) in [6.07, 6.45) is 0. The van der Waals surface area contributed by atoms with Gasteiger partial charge in [-0.15, -0.1) is 0 Å². The minimum atomic E-state index is 0.517. The highest BCUT2D eigenvalue weighted by Gasteiger charge is 2.17. The number of nitrogens with zero attached hydrogens (tertiary/aromatic N) is 5. The second-order valence-corrected chi connectivity index (χ2v) is 7.82. The minimum absolute atomic E-state index is 0.517. The van der Waals surface area contributed by atoms with Crippen molar-refractivity contribution >= 4 is 10.9 Å². The van der Waals surface area contributed by atoms with E-state index in [4.69, 9.17) is 24.9 Å². The monoisotopic (exact) mass is 437 g/mol. The molecule has 0 N–H and O–H groups in total. The van der Waals surface area contributed by atoms with Crippen LogP contribution in [-0.2, 0) is 0 Å². The van der Waals surface area contributed by atoms with Gasteiger partial charge in [0.1, 0.15) is 5.69 Å². The summed E-state index contributed by atoms with van der Waals surface area (Å²) in [4.78, 5) is 24.3. The molecule has 6 aromatic rings. The van der Waals surface area contributed by atoms with E-state index in [2.05, 4.69) is 0 Å². The van der Waals surface area contributed by atoms with Crippen LogP contribution < -0.4 is 0 Å². The van der Waals surface area contributed by atoms with Crippen molar-refractivity contribution in [3.8, 4) is 45.7 Å². The van der Waals surface area contributed by atoms with Gasteiger partial charge in [-0.25, -0.2) is 24.9 Å². The number of benzene rings is 4. The average Bonchev–Trinajstić information content (AvgIpc) is 2.93. The van der Waals surface area contributed by atoms with Gasteiger partial charge in [0.15, 0.2) is 23.3 Å². The van der Waals surface area contributed by atoms with Gasteiger partial charge in [-0.1, -0.05) is 109 Å². The van der Waals surface area contributed by atoms with E-state index in [1.807, 2.05) is 115 Å². The van der Waals surface area contributed by atoms with Gasteiger partial charge in [0.25, 0.3) is 0 Å². The topological polar surface area (TPSA) is 64.5 Å². The van der Waals surface area contributed by atoms with E-state index >= 15 is 0 Å². The van der Waals surface area contributed by atoms with E-state index in [1.54, 1.807) is 0 Å². The number of para-hydroxylation sites is 1. The molecule has 5 heteroatoms. The molecule has 0 aliphatic heterocycles. The highest BCUT2D eigenvalue weighted by Crippen LogP contribution is 2.29. The summed E-state index contributed by atoms with van der Waals surface area (Å²) in [6, 6.07) is 37.8. The van der Waals surface area contributed by atoms with E-state index in [0.29, 0.717) is 29.0 Å². The van der Waals surface area contributed by atoms with Crippen LogP contribution in [0.3, 0.4) is 0 Å². The first-order valence-electron chi connectivity index (χ1n) is 11.0. The zero-order valence-electron chi connectivity index (χ0n) is 18.2. The molecule has 2 heterocycles. The molecule has 2 aromatic heterocycles. The molecule has 0 unspecified atom stereocenters. The maximum absolute atomic E-state index is 4.95. The fourth-order valence-corrected chi connectivity index (χ4v) is 3.88. The molecule has 0 aliphatic rings. The first-order chi connectivity index (χ1) is 16.8. The second-order valence-electron chi connectivity index (χ2n) is 7.82. The van der Waals surface area contributed by atoms with Crippen LogP contribution in [0, 0.1) is 0 Å². The van der Waals surface area contributed by atoms with Gasteiger partial charge in [0.05, 0.1) is 5.52 Å². The largest absolute Gasteiger partial charge is 0.228 e. The van der Waals surface area contributed by atoms with Crippen molar-refractivity contribution in [1.82, 2.24) is 24.9 Å². The Balaban J connectivity index is 1.63. The van der Waals surface area contributed by atoms with E-state index in [0.717, 1.165) is 27.6 Å². The van der Waals surface area contributed by atoms with Crippen LogP contribution in [0.25, 0.3) is 56.6 Å². The minimum Gasteiger partial charge on any atom is -0.228 e. The molecule has 160 valence electrons. The summed E-state index contributed by atoms with van der Waals surface area (Å²) in [5.41, 5.74) is 4.31. The second kappa shape index (κ2) is 8.64. The SMILES string of the molecule is c1ccc(-c2nc(-c3ccccc3)nc(-c3nc(-c4ccccc4)nc4ccccc34)n2)cc1. The number of hydrogen-bond donors (Lipinski definition) is 0. The van der Waals surface area contributed by atoms with Crippen molar-refractivity contribution in [3.05, 3.63) is 115 Å². The lowest BCUT2D eigenvalue weighted by Crippen LogP contribution is -2.03. The number of aromatic nitrogens is 5. The highest BCUT2D eigenvalue weighted by atomic mass is 15.1. The molecule has 0 saturated carbocycles. The van der Waals surface area contributed by atoms with Gasteiger partial charge in [-0.2, -0.15) is 0 Å². The normalized spacial score (nSPS) is 10.9. The highest BCUT2D eigenvalue weighted by molar-refractivity contribution is 5.92. The van der Waals surface area contributed by atoms with Crippen LogP contribution in [-0.4, -0.2) is 24.9 Å². The van der Waals surface area contributed by atoms with Gasteiger partial charge in [0.2, 0.25) is 0 Å². The van der Waals surface area contributed by atoms with E-state index in [9.17, 15) is 0 Å². The molecular formula is C29H19N5.